The van der Waals surface area contributed by atoms with E-state index in [1.165, 1.54) is 13.8 Å². The van der Waals surface area contributed by atoms with Crippen molar-refractivity contribution in [3.05, 3.63) is 71.8 Å². The number of ketones is 1. The van der Waals surface area contributed by atoms with Gasteiger partial charge in [-0.25, -0.2) is 0 Å². The molecule has 0 spiro atoms. The molecule has 0 saturated carbocycles. The van der Waals surface area contributed by atoms with Crippen molar-refractivity contribution >= 4 is 17.6 Å². The van der Waals surface area contributed by atoms with Crippen LogP contribution in [0.2, 0.25) is 0 Å². The fraction of sp³-hybridized carbons (Fsp3) is 0.400. The maximum atomic E-state index is 13.0. The second-order valence-electron chi connectivity index (χ2n) is 8.35. The SMILES string of the molecule is CC(=O)CC(=O)NCCCNC(=O)C1CC(c2ccccc2)(c2ccccc2)OC1(C)O. The van der Waals surface area contributed by atoms with Gasteiger partial charge in [0, 0.05) is 19.5 Å². The Kier molecular flexibility index (Phi) is 7.43. The zero-order valence-corrected chi connectivity index (χ0v) is 18.5. The molecule has 0 aromatic heterocycles. The van der Waals surface area contributed by atoms with Gasteiger partial charge in [0.05, 0.1) is 12.3 Å². The molecule has 0 bridgehead atoms. The number of amides is 2. The molecule has 32 heavy (non-hydrogen) atoms. The first kappa shape index (κ1) is 23.6. The highest BCUT2D eigenvalue weighted by Gasteiger charge is 2.57. The van der Waals surface area contributed by atoms with Gasteiger partial charge in [0.15, 0.2) is 5.79 Å². The van der Waals surface area contributed by atoms with Gasteiger partial charge in [-0.15, -0.1) is 0 Å². The standard InChI is InChI=1S/C25H30N2O5/c1-18(28)16-22(29)26-14-9-15-27-23(30)21-17-25(32-24(21,2)31,19-10-5-3-6-11-19)20-12-7-4-8-13-20/h3-8,10-13,21,31H,9,14-17H2,1-2H3,(H,26,29)(H,27,30). The fourth-order valence-corrected chi connectivity index (χ4v) is 4.15. The highest BCUT2D eigenvalue weighted by Crippen LogP contribution is 2.51. The molecular formula is C25H30N2O5. The Bertz CT molecular complexity index is 904. The summed E-state index contributed by atoms with van der Waals surface area (Å²) < 4.78 is 6.24. The lowest BCUT2D eigenvalue weighted by atomic mass is 9.80. The summed E-state index contributed by atoms with van der Waals surface area (Å²) in [4.78, 5) is 35.4. The summed E-state index contributed by atoms with van der Waals surface area (Å²) in [7, 11) is 0. The molecule has 1 aliphatic rings. The molecule has 1 fully saturated rings. The Labute approximate surface area is 188 Å². The van der Waals surface area contributed by atoms with Crippen molar-refractivity contribution in [1.82, 2.24) is 10.6 Å². The van der Waals surface area contributed by atoms with Crippen LogP contribution in [0, 0.1) is 5.92 Å². The second-order valence-corrected chi connectivity index (χ2v) is 8.35. The monoisotopic (exact) mass is 438 g/mol. The van der Waals surface area contributed by atoms with Crippen LogP contribution in [-0.2, 0) is 24.7 Å². The van der Waals surface area contributed by atoms with Gasteiger partial charge < -0.3 is 20.5 Å². The maximum Gasteiger partial charge on any atom is 0.228 e. The first-order valence-electron chi connectivity index (χ1n) is 10.8. The third-order valence-electron chi connectivity index (χ3n) is 5.70. The number of carbonyl (C=O) groups excluding carboxylic acids is 3. The number of Topliss-reactive ketones (excluding diaryl/α,β-unsaturated/α-hetero) is 1. The quantitative estimate of drug-likeness (QED) is 0.412. The molecule has 7 heteroatoms. The Morgan fingerprint density at radius 3 is 2.03 bits per heavy atom. The van der Waals surface area contributed by atoms with E-state index in [-0.39, 0.29) is 30.4 Å². The van der Waals surface area contributed by atoms with Crippen molar-refractivity contribution in [2.24, 2.45) is 5.92 Å². The molecule has 1 aliphatic heterocycles. The summed E-state index contributed by atoms with van der Waals surface area (Å²) >= 11 is 0. The van der Waals surface area contributed by atoms with Crippen LogP contribution in [0.25, 0.3) is 0 Å². The number of hydrogen-bond acceptors (Lipinski definition) is 5. The number of rotatable bonds is 9. The van der Waals surface area contributed by atoms with Crippen LogP contribution in [0.4, 0.5) is 0 Å². The zero-order valence-electron chi connectivity index (χ0n) is 18.5. The third kappa shape index (κ3) is 5.41. The lowest BCUT2D eigenvalue weighted by Gasteiger charge is -2.32. The number of aliphatic hydroxyl groups is 1. The van der Waals surface area contributed by atoms with Gasteiger partial charge in [0.1, 0.15) is 11.4 Å². The van der Waals surface area contributed by atoms with Crippen molar-refractivity contribution in [2.75, 3.05) is 13.1 Å². The third-order valence-corrected chi connectivity index (χ3v) is 5.70. The number of hydrogen-bond donors (Lipinski definition) is 3. The van der Waals surface area contributed by atoms with Gasteiger partial charge in [-0.2, -0.15) is 0 Å². The van der Waals surface area contributed by atoms with Crippen LogP contribution in [0.3, 0.4) is 0 Å². The second kappa shape index (κ2) is 10.1. The van der Waals surface area contributed by atoms with Crippen LogP contribution in [0.5, 0.6) is 0 Å². The molecule has 2 unspecified atom stereocenters. The van der Waals surface area contributed by atoms with Crippen molar-refractivity contribution in [3.63, 3.8) is 0 Å². The summed E-state index contributed by atoms with van der Waals surface area (Å²) in [5.41, 5.74) is 0.791. The molecule has 3 N–H and O–H groups in total. The highest BCUT2D eigenvalue weighted by atomic mass is 16.6. The summed E-state index contributed by atoms with van der Waals surface area (Å²) in [5, 5.41) is 16.6. The van der Waals surface area contributed by atoms with E-state index in [2.05, 4.69) is 10.6 Å². The van der Waals surface area contributed by atoms with Crippen molar-refractivity contribution in [3.8, 4) is 0 Å². The number of benzene rings is 2. The van der Waals surface area contributed by atoms with Crippen LogP contribution in [0.1, 0.15) is 44.2 Å². The zero-order chi connectivity index (χ0) is 23.2. The first-order valence-corrected chi connectivity index (χ1v) is 10.8. The molecule has 2 amide bonds. The summed E-state index contributed by atoms with van der Waals surface area (Å²) in [6.07, 6.45) is 0.651. The van der Waals surface area contributed by atoms with Gasteiger partial charge in [-0.05, 0) is 31.4 Å². The minimum Gasteiger partial charge on any atom is -0.365 e. The summed E-state index contributed by atoms with van der Waals surface area (Å²) in [6.45, 7) is 3.56. The summed E-state index contributed by atoms with van der Waals surface area (Å²) in [6, 6.07) is 19.2. The molecule has 2 aromatic rings. The van der Waals surface area contributed by atoms with Gasteiger partial charge in [0.2, 0.25) is 11.8 Å². The minimum atomic E-state index is -1.66. The molecule has 1 saturated heterocycles. The predicted octanol–water partition coefficient (Wildman–Crippen LogP) is 2.28. The lowest BCUT2D eigenvalue weighted by Crippen LogP contribution is -2.43. The Morgan fingerprint density at radius 2 is 1.50 bits per heavy atom. The van der Waals surface area contributed by atoms with Gasteiger partial charge in [-0.1, -0.05) is 60.7 Å². The Hall–Kier alpha value is -3.03. The van der Waals surface area contributed by atoms with Crippen molar-refractivity contribution in [1.29, 1.82) is 0 Å². The molecule has 1 heterocycles. The fourth-order valence-electron chi connectivity index (χ4n) is 4.15. The molecule has 2 atom stereocenters. The molecule has 7 nitrogen and oxygen atoms in total. The molecule has 0 radical (unpaired) electrons. The molecule has 3 rings (SSSR count). The first-order chi connectivity index (χ1) is 15.2. The largest absolute Gasteiger partial charge is 0.365 e. The highest BCUT2D eigenvalue weighted by molar-refractivity contribution is 5.96. The van der Waals surface area contributed by atoms with Gasteiger partial charge in [0.25, 0.3) is 0 Å². The average molecular weight is 439 g/mol. The molecular weight excluding hydrogens is 408 g/mol. The maximum absolute atomic E-state index is 13.0. The van der Waals surface area contributed by atoms with Crippen molar-refractivity contribution < 1.29 is 24.2 Å². The smallest absolute Gasteiger partial charge is 0.228 e. The Morgan fingerprint density at radius 1 is 0.969 bits per heavy atom. The molecule has 2 aromatic carbocycles. The summed E-state index contributed by atoms with van der Waals surface area (Å²) in [5.74, 6) is -3.27. The lowest BCUT2D eigenvalue weighted by molar-refractivity contribution is -0.219. The van der Waals surface area contributed by atoms with E-state index in [4.69, 9.17) is 4.74 Å². The predicted molar refractivity (Wildman–Crippen MR) is 119 cm³/mol. The van der Waals surface area contributed by atoms with E-state index >= 15 is 0 Å². The van der Waals surface area contributed by atoms with E-state index in [1.807, 2.05) is 60.7 Å². The minimum absolute atomic E-state index is 0.143. The van der Waals surface area contributed by atoms with Crippen LogP contribution < -0.4 is 10.6 Å². The van der Waals surface area contributed by atoms with E-state index in [0.29, 0.717) is 19.5 Å². The van der Waals surface area contributed by atoms with Gasteiger partial charge >= 0.3 is 0 Å². The number of nitrogens with one attached hydrogen (secondary N) is 2. The van der Waals surface area contributed by atoms with Gasteiger partial charge in [-0.3, -0.25) is 14.4 Å². The average Bonchev–Trinajstić information content (AvgIpc) is 3.06. The van der Waals surface area contributed by atoms with Crippen LogP contribution in [0.15, 0.2) is 60.7 Å². The van der Waals surface area contributed by atoms with E-state index in [1.54, 1.807) is 0 Å². The van der Waals surface area contributed by atoms with Crippen molar-refractivity contribution in [2.45, 2.75) is 44.5 Å². The number of carbonyl (C=O) groups is 3. The normalized spacial score (nSPS) is 21.7. The number of ether oxygens (including phenoxy) is 1. The van der Waals surface area contributed by atoms with E-state index < -0.39 is 17.3 Å². The molecule has 0 aliphatic carbocycles. The van der Waals surface area contributed by atoms with E-state index in [0.717, 1.165) is 11.1 Å². The molecule has 170 valence electrons. The Balaban J connectivity index is 1.68. The topological polar surface area (TPSA) is 105 Å². The van der Waals surface area contributed by atoms with E-state index in [9.17, 15) is 19.5 Å². The van der Waals surface area contributed by atoms with Crippen LogP contribution >= 0.6 is 0 Å². The van der Waals surface area contributed by atoms with Crippen LogP contribution in [-0.4, -0.2) is 41.6 Å².